The Balaban J connectivity index is 2.27. The number of rotatable bonds is 8. The summed E-state index contributed by atoms with van der Waals surface area (Å²) in [7, 11) is 3.37. The van der Waals surface area contributed by atoms with Crippen molar-refractivity contribution < 1.29 is 26.3 Å². The van der Waals surface area contributed by atoms with Crippen LogP contribution < -0.4 is 15.4 Å². The number of carbonyl (C=O) groups excluding carboxylic acids is 1. The highest BCUT2D eigenvalue weighted by molar-refractivity contribution is 6.31. The molecule has 33 heavy (non-hydrogen) atoms. The van der Waals surface area contributed by atoms with E-state index in [9.17, 15) is 14.4 Å². The number of nitrogens with one attached hydrogen (secondary N) is 2. The van der Waals surface area contributed by atoms with Crippen molar-refractivity contribution in [3.05, 3.63) is 65.0 Å². The van der Waals surface area contributed by atoms with Crippen LogP contribution in [0.15, 0.2) is 48.6 Å². The first-order valence-corrected chi connectivity index (χ1v) is 9.66. The lowest BCUT2D eigenvalue weighted by molar-refractivity contribution is -0.111. The third-order valence-corrected chi connectivity index (χ3v) is 4.38. The number of amides is 1. The van der Waals surface area contributed by atoms with Gasteiger partial charge in [-0.05, 0) is 45.1 Å². The summed E-state index contributed by atoms with van der Waals surface area (Å²) < 4.78 is 89.6. The Kier molecular flexibility index (Phi) is 4.72. The molecule has 0 bridgehead atoms. The summed E-state index contributed by atoms with van der Waals surface area (Å²) in [6.07, 6.45) is 2.03. The van der Waals surface area contributed by atoms with Crippen molar-refractivity contribution in [2.24, 2.45) is 0 Å². The van der Waals surface area contributed by atoms with Crippen LogP contribution in [-0.2, 0) is 4.79 Å². The second-order valence-electron chi connectivity index (χ2n) is 6.81. The molecule has 1 aromatic heterocycles. The predicted octanol–water partition coefficient (Wildman–Crippen LogP) is 5.10. The number of likely N-dealkylation sites (N-methyl/N-ethyl adjacent to an activating group) is 1. The Morgan fingerprint density at radius 1 is 1.52 bits per heavy atom. The molecule has 0 aliphatic carbocycles. The molecule has 7 nitrogen and oxygen atoms in total. The maximum atomic E-state index is 14.2. The van der Waals surface area contributed by atoms with Gasteiger partial charge in [0, 0.05) is 40.1 Å². The highest BCUT2D eigenvalue weighted by atomic mass is 35.5. The molecule has 0 atom stereocenters. The van der Waals surface area contributed by atoms with Gasteiger partial charge in [-0.1, -0.05) is 17.7 Å². The third-order valence-electron chi connectivity index (χ3n) is 4.12. The highest BCUT2D eigenvalue weighted by Crippen LogP contribution is 2.36. The van der Waals surface area contributed by atoms with E-state index in [1.165, 1.54) is 6.07 Å². The average Bonchev–Trinajstić information content (AvgIpc) is 2.87. The number of pyridine rings is 1. The number of nitriles is 1. The van der Waals surface area contributed by atoms with Crippen molar-refractivity contribution in [3.8, 4) is 11.8 Å². The molecule has 0 saturated carbocycles. The molecule has 1 amide bonds. The molecular formula is C24H23ClFN5O2. The van der Waals surface area contributed by atoms with Gasteiger partial charge in [0.25, 0.3) is 0 Å². The molecule has 2 N–H and O–H groups in total. The Bertz CT molecular complexity index is 1610. The van der Waals surface area contributed by atoms with Gasteiger partial charge in [-0.3, -0.25) is 9.78 Å². The van der Waals surface area contributed by atoms with Gasteiger partial charge < -0.3 is 20.3 Å². The second kappa shape index (κ2) is 10.8. The van der Waals surface area contributed by atoms with Crippen molar-refractivity contribution in [2.75, 3.05) is 37.8 Å². The minimum absolute atomic E-state index is 0.00691. The molecule has 0 saturated heterocycles. The van der Waals surface area contributed by atoms with E-state index in [4.69, 9.17) is 28.7 Å². The number of benzene rings is 2. The van der Waals surface area contributed by atoms with Gasteiger partial charge >= 0.3 is 0 Å². The van der Waals surface area contributed by atoms with Crippen LogP contribution in [0.25, 0.3) is 10.9 Å². The SMILES string of the molecule is [2H]/C(=C\C(=O)Nc1cc2c(Nc3c([2H])c([2H])c(F)c(Cl)c3[2H])c(C#N)cnc2cc1OC([2H])([2H])C([2H])([2H])[2H])CN(C)C. The lowest BCUT2D eigenvalue weighted by Crippen LogP contribution is -2.13. The Labute approximate surface area is 209 Å². The first-order valence-electron chi connectivity index (χ1n) is 13.8. The fraction of sp³-hybridized carbons (Fsp3) is 0.208. The topological polar surface area (TPSA) is 90.3 Å². The number of hydrogen-bond donors (Lipinski definition) is 2. The molecule has 0 aliphatic rings. The molecule has 2 aromatic carbocycles. The predicted molar refractivity (Wildman–Crippen MR) is 129 cm³/mol. The van der Waals surface area contributed by atoms with Crippen LogP contribution in [0.1, 0.15) is 24.8 Å². The minimum atomic E-state index is -3.24. The maximum absolute atomic E-state index is 14.2. The van der Waals surface area contributed by atoms with Crippen LogP contribution in [0.4, 0.5) is 21.5 Å². The summed E-state index contributed by atoms with van der Waals surface area (Å²) in [6, 6.07) is 1.76. The zero-order valence-corrected chi connectivity index (χ0v) is 18.2. The van der Waals surface area contributed by atoms with Crippen LogP contribution in [0.2, 0.25) is 5.02 Å². The summed E-state index contributed by atoms with van der Waals surface area (Å²) in [6.45, 7) is -6.34. The van der Waals surface area contributed by atoms with Crippen LogP contribution >= 0.6 is 11.6 Å². The van der Waals surface area contributed by atoms with Gasteiger partial charge in [-0.15, -0.1) is 0 Å². The van der Waals surface area contributed by atoms with Crippen LogP contribution in [-0.4, -0.2) is 43.0 Å². The fourth-order valence-electron chi connectivity index (χ4n) is 2.72. The van der Waals surface area contributed by atoms with Gasteiger partial charge in [0.1, 0.15) is 17.6 Å². The van der Waals surface area contributed by atoms with Crippen molar-refractivity contribution in [1.29, 1.82) is 5.26 Å². The van der Waals surface area contributed by atoms with Crippen LogP contribution in [0, 0.1) is 17.1 Å². The smallest absolute Gasteiger partial charge is 0.248 e. The fourth-order valence-corrected chi connectivity index (χ4v) is 2.86. The Morgan fingerprint density at radius 3 is 3.06 bits per heavy atom. The first kappa shape index (κ1) is 14.5. The van der Waals surface area contributed by atoms with E-state index in [0.29, 0.717) is 0 Å². The normalized spacial score (nSPS) is 16.1. The molecule has 1 heterocycles. The first-order chi connectivity index (χ1) is 19.4. The van der Waals surface area contributed by atoms with Crippen LogP contribution in [0.3, 0.4) is 0 Å². The molecular weight excluding hydrogens is 445 g/mol. The van der Waals surface area contributed by atoms with E-state index in [2.05, 4.69) is 15.6 Å². The summed E-state index contributed by atoms with van der Waals surface area (Å²) in [5.74, 6) is -2.57. The standard InChI is InChI=1S/C24H23ClFN5O2/c1-4-33-22-12-20-17(11-21(22)30-23(32)6-5-9-31(2)3)24(15(13-27)14-28-20)29-16-7-8-19(26)18(25)10-16/h5-8,10-12,14H,4,9H2,1-3H3,(H,28,29)(H,30,32)/b6-5+/i1D3,4D2,5D,7D,8D,10D. The molecule has 0 aliphatic heterocycles. The number of carbonyl (C=O) groups is 1. The Hall–Kier alpha value is -3.67. The van der Waals surface area contributed by atoms with E-state index in [1.54, 1.807) is 19.0 Å². The highest BCUT2D eigenvalue weighted by Gasteiger charge is 2.15. The summed E-state index contributed by atoms with van der Waals surface area (Å²) in [5, 5.41) is 14.1. The zero-order valence-electron chi connectivity index (χ0n) is 26.4. The molecule has 9 heteroatoms. The van der Waals surface area contributed by atoms with Crippen molar-refractivity contribution >= 4 is 45.5 Å². The van der Waals surface area contributed by atoms with Gasteiger partial charge in [0.15, 0.2) is 0 Å². The monoisotopic (exact) mass is 476 g/mol. The number of nitrogens with zero attached hydrogens (tertiary/aromatic N) is 3. The molecule has 0 radical (unpaired) electrons. The van der Waals surface area contributed by atoms with E-state index in [0.717, 1.165) is 18.3 Å². The summed E-state index contributed by atoms with van der Waals surface area (Å²) in [4.78, 5) is 18.5. The van der Waals surface area contributed by atoms with Crippen molar-refractivity contribution in [2.45, 2.75) is 6.85 Å². The van der Waals surface area contributed by atoms with Gasteiger partial charge in [0.2, 0.25) is 5.91 Å². The average molecular weight is 477 g/mol. The number of halogens is 2. The Morgan fingerprint density at radius 2 is 2.33 bits per heavy atom. The lowest BCUT2D eigenvalue weighted by atomic mass is 10.1. The summed E-state index contributed by atoms with van der Waals surface area (Å²) >= 11 is 5.84. The lowest BCUT2D eigenvalue weighted by Gasteiger charge is -2.16. The van der Waals surface area contributed by atoms with Crippen molar-refractivity contribution in [3.63, 3.8) is 0 Å². The molecule has 0 unspecified atom stereocenters. The molecule has 0 spiro atoms. The summed E-state index contributed by atoms with van der Waals surface area (Å²) in [5.41, 5.74) is -0.934. The number of ether oxygens (including phenoxy) is 1. The van der Waals surface area contributed by atoms with E-state index in [1.807, 2.05) is 6.07 Å². The quantitative estimate of drug-likeness (QED) is 0.440. The number of fused-ring (bicyclic) bond motifs is 1. The largest absolute Gasteiger partial charge is 0.492 e. The number of anilines is 3. The number of hydrogen-bond acceptors (Lipinski definition) is 6. The number of aromatic nitrogens is 1. The molecule has 0 fully saturated rings. The second-order valence-corrected chi connectivity index (χ2v) is 7.18. The minimum Gasteiger partial charge on any atom is -0.492 e. The van der Waals surface area contributed by atoms with E-state index in [-0.39, 0.29) is 40.4 Å². The van der Waals surface area contributed by atoms with Crippen molar-refractivity contribution in [1.82, 2.24) is 9.88 Å². The molecule has 3 aromatic rings. The van der Waals surface area contributed by atoms with Gasteiger partial charge in [0.05, 0.1) is 42.3 Å². The van der Waals surface area contributed by atoms with Gasteiger partial charge in [-0.25, -0.2) is 4.39 Å². The maximum Gasteiger partial charge on any atom is 0.248 e. The van der Waals surface area contributed by atoms with Crippen LogP contribution in [0.5, 0.6) is 5.75 Å². The molecule has 3 rings (SSSR count). The molecule has 170 valence electrons. The van der Waals surface area contributed by atoms with Gasteiger partial charge in [-0.2, -0.15) is 5.26 Å². The zero-order chi connectivity index (χ0) is 31.7. The van der Waals surface area contributed by atoms with E-state index < -0.39 is 59.7 Å². The van der Waals surface area contributed by atoms with E-state index >= 15 is 0 Å². The third kappa shape index (κ3) is 5.98.